The minimum Gasteiger partial charge on any atom is -0.370 e. The van der Waals surface area contributed by atoms with Gasteiger partial charge in [0.2, 0.25) is 0 Å². The van der Waals surface area contributed by atoms with Crippen molar-refractivity contribution in [2.75, 3.05) is 6.54 Å². The lowest BCUT2D eigenvalue weighted by Crippen LogP contribution is -2.21. The summed E-state index contributed by atoms with van der Waals surface area (Å²) in [6.45, 7) is 8.98. The molecule has 0 aliphatic rings. The van der Waals surface area contributed by atoms with Crippen molar-refractivity contribution in [3.8, 4) is 0 Å². The first-order chi connectivity index (χ1) is 6.29. The summed E-state index contributed by atoms with van der Waals surface area (Å²) in [6.07, 6.45) is 3.68. The predicted octanol–water partition coefficient (Wildman–Crippen LogP) is 2.61. The van der Waals surface area contributed by atoms with E-state index < -0.39 is 0 Å². The average Bonchev–Trinajstić information content (AvgIpc) is 2.21. The Morgan fingerprint density at radius 3 is 2.85 bits per heavy atom. The molecule has 0 aromatic carbocycles. The molecule has 0 saturated carbocycles. The lowest BCUT2D eigenvalue weighted by molar-refractivity contribution is 0.309. The zero-order valence-corrected chi connectivity index (χ0v) is 8.27. The van der Waals surface area contributed by atoms with Gasteiger partial charge in [-0.2, -0.15) is 0 Å². The summed E-state index contributed by atoms with van der Waals surface area (Å²) in [4.78, 5) is 6.46. The van der Waals surface area contributed by atoms with Gasteiger partial charge < -0.3 is 4.90 Å². The summed E-state index contributed by atoms with van der Waals surface area (Å²) >= 11 is 0. The van der Waals surface area contributed by atoms with E-state index in [0.717, 1.165) is 12.2 Å². The summed E-state index contributed by atoms with van der Waals surface area (Å²) in [6, 6.07) is 6.29. The molecule has 1 rings (SSSR count). The van der Waals surface area contributed by atoms with Crippen molar-refractivity contribution in [1.29, 1.82) is 0 Å². The zero-order valence-electron chi connectivity index (χ0n) is 8.27. The van der Waals surface area contributed by atoms with E-state index in [1.807, 2.05) is 30.6 Å². The Labute approximate surface area is 79.9 Å². The number of hydrogen-bond acceptors (Lipinski definition) is 2. The van der Waals surface area contributed by atoms with Crippen LogP contribution in [0.5, 0.6) is 0 Å². The third-order valence-corrected chi connectivity index (χ3v) is 2.21. The van der Waals surface area contributed by atoms with E-state index in [0.29, 0.717) is 6.04 Å². The fraction of sp³-hybridized carbons (Fsp3) is 0.364. The van der Waals surface area contributed by atoms with Gasteiger partial charge in [0.15, 0.2) is 0 Å². The van der Waals surface area contributed by atoms with Crippen molar-refractivity contribution in [1.82, 2.24) is 9.88 Å². The Kier molecular flexibility index (Phi) is 3.50. The van der Waals surface area contributed by atoms with Gasteiger partial charge in [-0.05, 0) is 32.2 Å². The largest absolute Gasteiger partial charge is 0.370 e. The molecule has 1 aromatic heterocycles. The van der Waals surface area contributed by atoms with Crippen LogP contribution in [0.1, 0.15) is 25.6 Å². The Bertz CT molecular complexity index is 256. The maximum absolute atomic E-state index is 4.31. The molecule has 0 fully saturated rings. The highest BCUT2D eigenvalue weighted by Crippen LogP contribution is 2.16. The van der Waals surface area contributed by atoms with Crippen LogP contribution in [0.4, 0.5) is 0 Å². The van der Waals surface area contributed by atoms with Crippen LogP contribution in [0.3, 0.4) is 0 Å². The van der Waals surface area contributed by atoms with Gasteiger partial charge in [-0.15, -0.1) is 0 Å². The van der Waals surface area contributed by atoms with E-state index in [9.17, 15) is 0 Å². The van der Waals surface area contributed by atoms with Crippen LogP contribution in [0.2, 0.25) is 0 Å². The number of aromatic nitrogens is 1. The molecule has 0 aliphatic carbocycles. The summed E-state index contributed by atoms with van der Waals surface area (Å²) < 4.78 is 0. The van der Waals surface area contributed by atoms with E-state index in [2.05, 4.69) is 30.3 Å². The summed E-state index contributed by atoms with van der Waals surface area (Å²) in [5, 5.41) is 0. The molecule has 0 unspecified atom stereocenters. The molecule has 0 saturated heterocycles. The van der Waals surface area contributed by atoms with Gasteiger partial charge in [0.25, 0.3) is 0 Å². The van der Waals surface area contributed by atoms with Crippen LogP contribution < -0.4 is 0 Å². The maximum Gasteiger partial charge on any atom is 0.0679 e. The number of pyridine rings is 1. The molecule has 2 nitrogen and oxygen atoms in total. The van der Waals surface area contributed by atoms with E-state index in [-0.39, 0.29) is 0 Å². The maximum atomic E-state index is 4.31. The number of hydrogen-bond donors (Lipinski definition) is 0. The molecule has 0 spiro atoms. The summed E-state index contributed by atoms with van der Waals surface area (Å²) in [7, 11) is 0. The van der Waals surface area contributed by atoms with Crippen molar-refractivity contribution in [2.45, 2.75) is 19.9 Å². The first kappa shape index (κ1) is 9.78. The molecular formula is C11H16N2. The molecule has 1 atom stereocenters. The Balaban J connectivity index is 2.77. The lowest BCUT2D eigenvalue weighted by atomic mass is 10.2. The van der Waals surface area contributed by atoms with E-state index in [4.69, 9.17) is 0 Å². The smallest absolute Gasteiger partial charge is 0.0679 e. The molecule has 0 bridgehead atoms. The normalized spacial score (nSPS) is 12.2. The van der Waals surface area contributed by atoms with Gasteiger partial charge in [-0.25, -0.2) is 0 Å². The topological polar surface area (TPSA) is 16.1 Å². The molecule has 2 heteroatoms. The fourth-order valence-electron chi connectivity index (χ4n) is 1.35. The van der Waals surface area contributed by atoms with Crippen LogP contribution in [0.25, 0.3) is 0 Å². The molecule has 13 heavy (non-hydrogen) atoms. The number of rotatable bonds is 4. The van der Waals surface area contributed by atoms with Gasteiger partial charge in [-0.1, -0.05) is 12.6 Å². The first-order valence-corrected chi connectivity index (χ1v) is 4.58. The molecule has 70 valence electrons. The van der Waals surface area contributed by atoms with E-state index in [1.54, 1.807) is 0 Å². The third-order valence-electron chi connectivity index (χ3n) is 2.21. The second kappa shape index (κ2) is 4.65. The van der Waals surface area contributed by atoms with Crippen LogP contribution >= 0.6 is 0 Å². The van der Waals surface area contributed by atoms with E-state index in [1.165, 1.54) is 0 Å². The van der Waals surface area contributed by atoms with Crippen molar-refractivity contribution >= 4 is 0 Å². The SMILES string of the molecule is C=CN(CC)[C@@H](C)c1ccccn1. The molecule has 0 amide bonds. The van der Waals surface area contributed by atoms with Crippen LogP contribution in [-0.4, -0.2) is 16.4 Å². The van der Waals surface area contributed by atoms with Gasteiger partial charge in [-0.3, -0.25) is 4.98 Å². The summed E-state index contributed by atoms with van der Waals surface area (Å²) in [5.41, 5.74) is 1.09. The van der Waals surface area contributed by atoms with Gasteiger partial charge in [0, 0.05) is 12.7 Å². The fourth-order valence-corrected chi connectivity index (χ4v) is 1.35. The predicted molar refractivity (Wildman–Crippen MR) is 55.2 cm³/mol. The minimum absolute atomic E-state index is 0.309. The molecule has 1 aromatic rings. The standard InChI is InChI=1S/C11H16N2/c1-4-13(5-2)10(3)11-8-6-7-9-12-11/h4,6-10H,1,5H2,2-3H3/t10-/m0/s1. The lowest BCUT2D eigenvalue weighted by Gasteiger charge is -2.25. The van der Waals surface area contributed by atoms with Crippen molar-refractivity contribution in [3.05, 3.63) is 42.9 Å². The minimum atomic E-state index is 0.309. The highest BCUT2D eigenvalue weighted by molar-refractivity contribution is 5.08. The summed E-state index contributed by atoms with van der Waals surface area (Å²) in [5.74, 6) is 0. The molecular weight excluding hydrogens is 160 g/mol. The Morgan fingerprint density at radius 2 is 2.38 bits per heavy atom. The van der Waals surface area contributed by atoms with Crippen molar-refractivity contribution < 1.29 is 0 Å². The van der Waals surface area contributed by atoms with Gasteiger partial charge in [0.05, 0.1) is 11.7 Å². The van der Waals surface area contributed by atoms with Crippen LogP contribution in [0, 0.1) is 0 Å². The second-order valence-electron chi connectivity index (χ2n) is 2.94. The second-order valence-corrected chi connectivity index (χ2v) is 2.94. The zero-order chi connectivity index (χ0) is 9.68. The highest BCUT2D eigenvalue weighted by Gasteiger charge is 2.10. The monoisotopic (exact) mass is 176 g/mol. The quantitative estimate of drug-likeness (QED) is 0.701. The average molecular weight is 176 g/mol. The number of nitrogens with zero attached hydrogens (tertiary/aromatic N) is 2. The van der Waals surface area contributed by atoms with Crippen molar-refractivity contribution in [2.24, 2.45) is 0 Å². The van der Waals surface area contributed by atoms with Gasteiger partial charge in [0.1, 0.15) is 0 Å². The molecule has 1 heterocycles. The Hall–Kier alpha value is -1.31. The third kappa shape index (κ3) is 2.31. The van der Waals surface area contributed by atoms with Crippen LogP contribution in [-0.2, 0) is 0 Å². The van der Waals surface area contributed by atoms with E-state index >= 15 is 0 Å². The molecule has 0 radical (unpaired) electrons. The Morgan fingerprint density at radius 1 is 1.62 bits per heavy atom. The van der Waals surface area contributed by atoms with Gasteiger partial charge >= 0.3 is 0 Å². The highest BCUT2D eigenvalue weighted by atomic mass is 15.1. The molecule has 0 aliphatic heterocycles. The first-order valence-electron chi connectivity index (χ1n) is 4.58. The van der Waals surface area contributed by atoms with Crippen LogP contribution in [0.15, 0.2) is 37.2 Å². The van der Waals surface area contributed by atoms with Crippen molar-refractivity contribution in [3.63, 3.8) is 0 Å². The molecule has 0 N–H and O–H groups in total.